The maximum absolute atomic E-state index is 12.1. The number of carbonyl (C=O) groups is 1. The Morgan fingerprint density at radius 2 is 1.85 bits per heavy atom. The summed E-state index contributed by atoms with van der Waals surface area (Å²) in [4.78, 5) is 23.4. The molecule has 0 bridgehead atoms. The van der Waals surface area contributed by atoms with E-state index in [1.165, 1.54) is 33.3 Å². The molecule has 0 N–H and O–H groups in total. The van der Waals surface area contributed by atoms with Gasteiger partial charge in [-0.25, -0.2) is 0 Å². The molecule has 0 saturated heterocycles. The van der Waals surface area contributed by atoms with Crippen molar-refractivity contribution < 1.29 is 23.4 Å². The highest BCUT2D eigenvalue weighted by atomic mass is 16.6. The Labute approximate surface area is 114 Å². The van der Waals surface area contributed by atoms with Crippen LogP contribution in [0.1, 0.15) is 12.7 Å². The van der Waals surface area contributed by atoms with Gasteiger partial charge in [0, 0.05) is 19.1 Å². The average Bonchev–Trinajstić information content (AvgIpc) is 2.36. The van der Waals surface area contributed by atoms with Crippen molar-refractivity contribution in [1.82, 2.24) is 0 Å². The molecule has 0 saturated carbocycles. The second kappa shape index (κ2) is 5.24. The van der Waals surface area contributed by atoms with Gasteiger partial charge in [0.25, 0.3) is 0 Å². The number of rotatable bonds is 3. The van der Waals surface area contributed by atoms with Gasteiger partial charge < -0.3 is 18.6 Å². The molecule has 0 unspecified atom stereocenters. The summed E-state index contributed by atoms with van der Waals surface area (Å²) in [5.41, 5.74) is -0.0511. The second-order valence-corrected chi connectivity index (χ2v) is 4.13. The third-order valence-electron chi connectivity index (χ3n) is 2.69. The predicted molar refractivity (Wildman–Crippen MR) is 71.6 cm³/mol. The summed E-state index contributed by atoms with van der Waals surface area (Å²) in [5.74, 6) is 0.362. The molecular weight excluding hydrogens is 264 g/mol. The quantitative estimate of drug-likeness (QED) is 0.631. The molecule has 0 fully saturated rings. The van der Waals surface area contributed by atoms with E-state index in [1.54, 1.807) is 6.92 Å². The van der Waals surface area contributed by atoms with E-state index in [0.29, 0.717) is 11.5 Å². The van der Waals surface area contributed by atoms with Crippen molar-refractivity contribution in [1.29, 1.82) is 0 Å². The Hall–Kier alpha value is -2.50. The number of ether oxygens (including phenoxy) is 3. The zero-order valence-electron chi connectivity index (χ0n) is 11.6. The minimum atomic E-state index is -0.571. The van der Waals surface area contributed by atoms with Crippen molar-refractivity contribution in [2.45, 2.75) is 13.8 Å². The normalized spacial score (nSPS) is 10.4. The number of methoxy groups -OCH3 is 2. The molecule has 6 heteroatoms. The van der Waals surface area contributed by atoms with Gasteiger partial charge in [0.15, 0.2) is 16.9 Å². The number of hydrogen-bond donors (Lipinski definition) is 0. The lowest BCUT2D eigenvalue weighted by molar-refractivity contribution is -0.131. The van der Waals surface area contributed by atoms with Crippen LogP contribution >= 0.6 is 0 Å². The third-order valence-corrected chi connectivity index (χ3v) is 2.69. The van der Waals surface area contributed by atoms with E-state index in [-0.39, 0.29) is 27.9 Å². The molecule has 1 heterocycles. The summed E-state index contributed by atoms with van der Waals surface area (Å²) in [6.07, 6.45) is 0. The van der Waals surface area contributed by atoms with Gasteiger partial charge in [0.05, 0.1) is 14.2 Å². The van der Waals surface area contributed by atoms with Crippen LogP contribution in [-0.2, 0) is 4.79 Å². The number of aryl methyl sites for hydroxylation is 1. The fourth-order valence-corrected chi connectivity index (χ4v) is 1.95. The first kappa shape index (κ1) is 13.9. The van der Waals surface area contributed by atoms with Crippen LogP contribution in [0.2, 0.25) is 0 Å². The molecule has 1 aromatic heterocycles. The Kier molecular flexibility index (Phi) is 3.65. The van der Waals surface area contributed by atoms with Crippen molar-refractivity contribution >= 4 is 16.9 Å². The Bertz CT molecular complexity index is 729. The monoisotopic (exact) mass is 278 g/mol. The summed E-state index contributed by atoms with van der Waals surface area (Å²) in [6.45, 7) is 2.89. The molecular formula is C14H14O6. The van der Waals surface area contributed by atoms with Gasteiger partial charge in [-0.1, -0.05) is 0 Å². The number of carbonyl (C=O) groups excluding carboxylic acids is 1. The summed E-state index contributed by atoms with van der Waals surface area (Å²) in [7, 11) is 2.83. The maximum atomic E-state index is 12.1. The van der Waals surface area contributed by atoms with Crippen molar-refractivity contribution in [3.05, 3.63) is 28.1 Å². The van der Waals surface area contributed by atoms with E-state index in [4.69, 9.17) is 18.6 Å². The molecule has 6 nitrogen and oxygen atoms in total. The molecule has 0 aliphatic heterocycles. The van der Waals surface area contributed by atoms with Crippen molar-refractivity contribution in [2.75, 3.05) is 14.2 Å². The highest BCUT2D eigenvalue weighted by molar-refractivity contribution is 5.91. The van der Waals surface area contributed by atoms with Crippen LogP contribution in [0.4, 0.5) is 0 Å². The molecule has 0 spiro atoms. The molecule has 0 atom stereocenters. The van der Waals surface area contributed by atoms with Crippen LogP contribution in [-0.4, -0.2) is 20.2 Å². The van der Waals surface area contributed by atoms with Crippen LogP contribution in [0.3, 0.4) is 0 Å². The Morgan fingerprint density at radius 3 is 2.40 bits per heavy atom. The maximum Gasteiger partial charge on any atom is 0.308 e. The van der Waals surface area contributed by atoms with E-state index in [9.17, 15) is 9.59 Å². The molecule has 1 aromatic carbocycles. The first-order valence-corrected chi connectivity index (χ1v) is 5.85. The van der Waals surface area contributed by atoms with E-state index in [1.807, 2.05) is 0 Å². The SMILES string of the molecule is COc1cc2oc(C)cc(=O)c2c(OC(C)=O)c1OC. The smallest absolute Gasteiger partial charge is 0.308 e. The molecule has 20 heavy (non-hydrogen) atoms. The van der Waals surface area contributed by atoms with E-state index in [2.05, 4.69) is 0 Å². The highest BCUT2D eigenvalue weighted by Gasteiger charge is 2.21. The summed E-state index contributed by atoms with van der Waals surface area (Å²) >= 11 is 0. The minimum absolute atomic E-state index is 0.00287. The number of benzene rings is 1. The Morgan fingerprint density at radius 1 is 1.15 bits per heavy atom. The van der Waals surface area contributed by atoms with E-state index in [0.717, 1.165) is 0 Å². The third kappa shape index (κ3) is 2.32. The first-order chi connectivity index (χ1) is 9.47. The molecule has 2 rings (SSSR count). The molecule has 0 aliphatic carbocycles. The van der Waals surface area contributed by atoms with Gasteiger partial charge in [-0.2, -0.15) is 0 Å². The van der Waals surface area contributed by atoms with Gasteiger partial charge in [-0.05, 0) is 6.92 Å². The highest BCUT2D eigenvalue weighted by Crippen LogP contribution is 2.42. The van der Waals surface area contributed by atoms with Gasteiger partial charge >= 0.3 is 5.97 Å². The fourth-order valence-electron chi connectivity index (χ4n) is 1.95. The summed E-state index contributed by atoms with van der Waals surface area (Å²) in [6, 6.07) is 2.84. The van der Waals surface area contributed by atoms with Gasteiger partial charge in [-0.15, -0.1) is 0 Å². The van der Waals surface area contributed by atoms with Crippen LogP contribution in [0.5, 0.6) is 17.2 Å². The van der Waals surface area contributed by atoms with Crippen molar-refractivity contribution in [3.63, 3.8) is 0 Å². The van der Waals surface area contributed by atoms with Crippen LogP contribution in [0.15, 0.2) is 21.3 Å². The zero-order valence-corrected chi connectivity index (χ0v) is 11.6. The van der Waals surface area contributed by atoms with Crippen molar-refractivity contribution in [3.8, 4) is 17.2 Å². The van der Waals surface area contributed by atoms with Crippen molar-refractivity contribution in [2.24, 2.45) is 0 Å². The van der Waals surface area contributed by atoms with Gasteiger partial charge in [-0.3, -0.25) is 9.59 Å². The van der Waals surface area contributed by atoms with E-state index < -0.39 is 5.97 Å². The number of esters is 1. The fraction of sp³-hybridized carbons (Fsp3) is 0.286. The Balaban J connectivity index is 2.93. The number of hydrogen-bond acceptors (Lipinski definition) is 6. The summed E-state index contributed by atoms with van der Waals surface area (Å²) < 4.78 is 20.9. The molecule has 106 valence electrons. The summed E-state index contributed by atoms with van der Waals surface area (Å²) in [5, 5.41) is 0.142. The lowest BCUT2D eigenvalue weighted by Crippen LogP contribution is -2.09. The first-order valence-electron chi connectivity index (χ1n) is 5.85. The molecule has 0 aliphatic rings. The standard InChI is InChI=1S/C14H14O6/c1-7-5-9(16)12-10(19-7)6-11(17-3)13(18-4)14(12)20-8(2)15/h5-6H,1-4H3. The van der Waals surface area contributed by atoms with Crippen LogP contribution in [0.25, 0.3) is 11.0 Å². The molecule has 0 amide bonds. The topological polar surface area (TPSA) is 75.0 Å². The lowest BCUT2D eigenvalue weighted by atomic mass is 10.1. The van der Waals surface area contributed by atoms with E-state index >= 15 is 0 Å². The minimum Gasteiger partial charge on any atom is -0.493 e. The molecule has 0 radical (unpaired) electrons. The van der Waals surface area contributed by atoms with Gasteiger partial charge in [0.2, 0.25) is 5.75 Å². The van der Waals surface area contributed by atoms with Crippen LogP contribution in [0, 0.1) is 6.92 Å². The lowest BCUT2D eigenvalue weighted by Gasteiger charge is -2.14. The zero-order chi connectivity index (χ0) is 14.9. The predicted octanol–water partition coefficient (Wildman–Crippen LogP) is 2.04. The largest absolute Gasteiger partial charge is 0.493 e. The van der Waals surface area contributed by atoms with Gasteiger partial charge in [0.1, 0.15) is 16.7 Å². The average molecular weight is 278 g/mol. The van der Waals surface area contributed by atoms with Crippen LogP contribution < -0.4 is 19.6 Å². The molecule has 2 aromatic rings. The second-order valence-electron chi connectivity index (χ2n) is 4.13. The number of fused-ring (bicyclic) bond motifs is 1.